The Labute approximate surface area is 176 Å². The van der Waals surface area contributed by atoms with Gasteiger partial charge in [-0.1, -0.05) is 55.3 Å². The molecule has 3 rings (SSSR count). The number of hydrogen-bond donors (Lipinski definition) is 1. The van der Waals surface area contributed by atoms with Crippen molar-refractivity contribution in [1.29, 1.82) is 0 Å². The second kappa shape index (κ2) is 9.10. The van der Waals surface area contributed by atoms with Crippen LogP contribution in [0.25, 0.3) is 11.3 Å². The maximum absolute atomic E-state index is 13.2. The van der Waals surface area contributed by atoms with Crippen molar-refractivity contribution in [2.45, 2.75) is 40.2 Å². The van der Waals surface area contributed by atoms with Gasteiger partial charge in [0.05, 0.1) is 5.69 Å². The third-order valence-corrected chi connectivity index (χ3v) is 5.21. The van der Waals surface area contributed by atoms with Crippen LogP contribution >= 0.6 is 11.6 Å². The number of aryl methyl sites for hydroxylation is 2. The number of carbonyl (C=O) groups is 1. The van der Waals surface area contributed by atoms with Crippen molar-refractivity contribution in [3.8, 4) is 11.3 Å². The minimum absolute atomic E-state index is 0.136. The lowest BCUT2D eigenvalue weighted by Crippen LogP contribution is -2.27. The Bertz CT molecular complexity index is 1100. The van der Waals surface area contributed by atoms with Crippen molar-refractivity contribution in [3.05, 3.63) is 86.7 Å². The first-order valence-electron chi connectivity index (χ1n) is 9.79. The first-order chi connectivity index (χ1) is 13.9. The highest BCUT2D eigenvalue weighted by molar-refractivity contribution is 6.30. The van der Waals surface area contributed by atoms with Crippen LogP contribution in [0.1, 0.15) is 41.4 Å². The molecule has 0 atom stereocenters. The fourth-order valence-corrected chi connectivity index (χ4v) is 3.62. The Kier molecular flexibility index (Phi) is 6.55. The number of anilines is 1. The van der Waals surface area contributed by atoms with Crippen LogP contribution in [0, 0.1) is 13.8 Å². The average Bonchev–Trinajstić information content (AvgIpc) is 2.68. The molecule has 2 aromatic carbocycles. The summed E-state index contributed by atoms with van der Waals surface area (Å²) in [4.78, 5) is 26.2. The van der Waals surface area contributed by atoms with Crippen LogP contribution < -0.4 is 10.7 Å². The van der Waals surface area contributed by atoms with Crippen LogP contribution in [0.5, 0.6) is 0 Å². The molecule has 1 heterocycles. The summed E-state index contributed by atoms with van der Waals surface area (Å²) in [5.74, 6) is -0.412. The minimum Gasteiger partial charge on any atom is -0.344 e. The number of rotatable bonds is 6. The molecule has 1 amide bonds. The monoisotopic (exact) mass is 408 g/mol. The van der Waals surface area contributed by atoms with Gasteiger partial charge in [0.2, 0.25) is 0 Å². The molecule has 5 heteroatoms. The molecular weight excluding hydrogens is 384 g/mol. The molecule has 0 aliphatic heterocycles. The van der Waals surface area contributed by atoms with E-state index >= 15 is 0 Å². The molecule has 150 valence electrons. The zero-order valence-corrected chi connectivity index (χ0v) is 17.7. The number of aromatic nitrogens is 1. The number of carbonyl (C=O) groups excluding carboxylic acids is 1. The summed E-state index contributed by atoms with van der Waals surface area (Å²) < 4.78 is 2.04. The Morgan fingerprint density at radius 1 is 1.07 bits per heavy atom. The van der Waals surface area contributed by atoms with Crippen LogP contribution in [-0.2, 0) is 6.54 Å². The number of unbranched alkanes of at least 4 members (excludes halogenated alkanes) is 1. The van der Waals surface area contributed by atoms with Gasteiger partial charge in [-0.05, 0) is 44.0 Å². The highest BCUT2D eigenvalue weighted by Crippen LogP contribution is 2.27. The van der Waals surface area contributed by atoms with Gasteiger partial charge >= 0.3 is 0 Å². The van der Waals surface area contributed by atoms with Gasteiger partial charge < -0.3 is 9.88 Å². The van der Waals surface area contributed by atoms with E-state index in [2.05, 4.69) is 12.2 Å². The summed E-state index contributed by atoms with van der Waals surface area (Å²) >= 11 is 6.23. The molecule has 1 N–H and O–H groups in total. The highest BCUT2D eigenvalue weighted by Gasteiger charge is 2.22. The lowest BCUT2D eigenvalue weighted by molar-refractivity contribution is 0.102. The molecule has 0 radical (unpaired) electrons. The van der Waals surface area contributed by atoms with Crippen LogP contribution in [0.15, 0.2) is 59.4 Å². The predicted octanol–water partition coefficient (Wildman–Crippen LogP) is 5.84. The van der Waals surface area contributed by atoms with Gasteiger partial charge in [-0.2, -0.15) is 0 Å². The molecule has 0 fully saturated rings. The number of nitrogens with one attached hydrogen (secondary N) is 1. The standard InChI is InChI=1S/C24H25ClN2O2/c1-4-5-13-27-17(3)14-21(28)22(23(27)18-10-8-11-19(25)15-18)24(29)26-20-12-7-6-9-16(20)2/h6-12,14-15H,4-5,13H2,1-3H3,(H,26,29). The molecule has 4 nitrogen and oxygen atoms in total. The van der Waals surface area contributed by atoms with E-state index < -0.39 is 5.91 Å². The van der Waals surface area contributed by atoms with Gasteiger partial charge in [0.25, 0.3) is 5.91 Å². The summed E-state index contributed by atoms with van der Waals surface area (Å²) in [6.07, 6.45) is 1.95. The zero-order chi connectivity index (χ0) is 21.0. The lowest BCUT2D eigenvalue weighted by atomic mass is 10.0. The van der Waals surface area contributed by atoms with Gasteiger partial charge in [0.15, 0.2) is 5.43 Å². The third kappa shape index (κ3) is 4.60. The van der Waals surface area contributed by atoms with E-state index in [0.717, 1.165) is 36.2 Å². The summed E-state index contributed by atoms with van der Waals surface area (Å²) in [7, 11) is 0. The van der Waals surface area contributed by atoms with Crippen LogP contribution in [0.2, 0.25) is 5.02 Å². The van der Waals surface area contributed by atoms with E-state index in [1.807, 2.05) is 54.8 Å². The smallest absolute Gasteiger partial charge is 0.261 e. The molecule has 0 aliphatic carbocycles. The van der Waals surface area contributed by atoms with Crippen molar-refractivity contribution in [2.24, 2.45) is 0 Å². The number of hydrogen-bond acceptors (Lipinski definition) is 2. The van der Waals surface area contributed by atoms with E-state index in [4.69, 9.17) is 11.6 Å². The van der Waals surface area contributed by atoms with E-state index in [1.165, 1.54) is 6.07 Å². The minimum atomic E-state index is -0.412. The molecule has 0 saturated heterocycles. The Balaban J connectivity index is 2.21. The Hall–Kier alpha value is -2.85. The SMILES string of the molecule is CCCCn1c(C)cc(=O)c(C(=O)Nc2ccccc2C)c1-c1cccc(Cl)c1. The molecule has 1 aromatic heterocycles. The fraction of sp³-hybridized carbons (Fsp3) is 0.250. The van der Waals surface area contributed by atoms with Crippen LogP contribution in [0.3, 0.4) is 0 Å². The number of amides is 1. The van der Waals surface area contributed by atoms with Crippen molar-refractivity contribution in [1.82, 2.24) is 4.57 Å². The van der Waals surface area contributed by atoms with Crippen LogP contribution in [-0.4, -0.2) is 10.5 Å². The molecule has 0 spiro atoms. The number of pyridine rings is 1. The normalized spacial score (nSPS) is 10.8. The van der Waals surface area contributed by atoms with E-state index in [9.17, 15) is 9.59 Å². The molecule has 3 aromatic rings. The molecule has 0 saturated carbocycles. The summed E-state index contributed by atoms with van der Waals surface area (Å²) in [6, 6.07) is 16.3. The van der Waals surface area contributed by atoms with Gasteiger partial charge in [0, 0.05) is 34.6 Å². The Morgan fingerprint density at radius 2 is 1.83 bits per heavy atom. The zero-order valence-electron chi connectivity index (χ0n) is 17.0. The average molecular weight is 409 g/mol. The summed E-state index contributed by atoms with van der Waals surface area (Å²) in [5.41, 5.74) is 3.65. The number of benzene rings is 2. The summed E-state index contributed by atoms with van der Waals surface area (Å²) in [6.45, 7) is 6.65. The quantitative estimate of drug-likeness (QED) is 0.557. The van der Waals surface area contributed by atoms with Gasteiger partial charge in [0.1, 0.15) is 5.56 Å². The summed E-state index contributed by atoms with van der Waals surface area (Å²) in [5, 5.41) is 3.47. The van der Waals surface area contributed by atoms with Gasteiger partial charge in [-0.3, -0.25) is 9.59 Å². The third-order valence-electron chi connectivity index (χ3n) is 4.97. The fourth-order valence-electron chi connectivity index (χ4n) is 3.43. The first-order valence-corrected chi connectivity index (χ1v) is 10.2. The second-order valence-electron chi connectivity index (χ2n) is 7.16. The molecule has 29 heavy (non-hydrogen) atoms. The van der Waals surface area contributed by atoms with E-state index in [-0.39, 0.29) is 11.0 Å². The molecular formula is C24H25ClN2O2. The number of nitrogens with zero attached hydrogens (tertiary/aromatic N) is 1. The van der Waals surface area contributed by atoms with Crippen molar-refractivity contribution >= 4 is 23.2 Å². The lowest BCUT2D eigenvalue weighted by Gasteiger charge is -2.20. The largest absolute Gasteiger partial charge is 0.344 e. The van der Waals surface area contributed by atoms with Gasteiger partial charge in [-0.15, -0.1) is 0 Å². The molecule has 0 bridgehead atoms. The molecule has 0 unspecified atom stereocenters. The van der Waals surface area contributed by atoms with Crippen molar-refractivity contribution in [2.75, 3.05) is 5.32 Å². The van der Waals surface area contributed by atoms with Gasteiger partial charge in [-0.25, -0.2) is 0 Å². The van der Waals surface area contributed by atoms with Crippen molar-refractivity contribution < 1.29 is 4.79 Å². The topological polar surface area (TPSA) is 51.1 Å². The maximum Gasteiger partial charge on any atom is 0.261 e. The first kappa shape index (κ1) is 20.9. The predicted molar refractivity (Wildman–Crippen MR) is 120 cm³/mol. The number of para-hydroxylation sites is 1. The van der Waals surface area contributed by atoms with E-state index in [1.54, 1.807) is 12.1 Å². The Morgan fingerprint density at radius 3 is 2.52 bits per heavy atom. The number of halogens is 1. The molecule has 0 aliphatic rings. The van der Waals surface area contributed by atoms with Crippen LogP contribution in [0.4, 0.5) is 5.69 Å². The highest BCUT2D eigenvalue weighted by atomic mass is 35.5. The van der Waals surface area contributed by atoms with E-state index in [0.29, 0.717) is 16.4 Å². The van der Waals surface area contributed by atoms with Crippen molar-refractivity contribution in [3.63, 3.8) is 0 Å². The maximum atomic E-state index is 13.2. The second-order valence-corrected chi connectivity index (χ2v) is 7.59.